The molecule has 2 aromatic rings. The van der Waals surface area contributed by atoms with E-state index in [1.54, 1.807) is 56.3 Å². The van der Waals surface area contributed by atoms with Gasteiger partial charge < -0.3 is 9.47 Å². The number of nitrogens with zero attached hydrogens (tertiary/aromatic N) is 1. The van der Waals surface area contributed by atoms with E-state index in [0.717, 1.165) is 11.3 Å². The number of fused-ring (bicyclic) bond motifs is 1. The highest BCUT2D eigenvalue weighted by Gasteiger charge is 2.44. The Bertz CT molecular complexity index is 903. The number of imide groups is 1. The van der Waals surface area contributed by atoms with E-state index in [1.165, 1.54) is 0 Å². The minimum absolute atomic E-state index is 0.151. The van der Waals surface area contributed by atoms with Crippen molar-refractivity contribution in [1.29, 1.82) is 0 Å². The standard InChI is InChI=1S/C22H24N2O5/c1-4-13-28-18-12-8-7-11-17(18)23-21(27)29-14-22(2,3)24-19(25)15-9-5-6-10-16(15)20(24)26/h5-12H,4,13-14H2,1-3H3,(H,23,27). The number of amides is 3. The molecule has 29 heavy (non-hydrogen) atoms. The first-order valence-corrected chi connectivity index (χ1v) is 9.48. The number of nitrogens with one attached hydrogen (secondary N) is 1. The van der Waals surface area contributed by atoms with E-state index in [9.17, 15) is 14.4 Å². The first kappa shape index (κ1) is 20.4. The van der Waals surface area contributed by atoms with Crippen LogP contribution in [-0.4, -0.2) is 41.6 Å². The molecule has 0 aromatic heterocycles. The van der Waals surface area contributed by atoms with Crippen molar-refractivity contribution in [1.82, 2.24) is 4.90 Å². The summed E-state index contributed by atoms with van der Waals surface area (Å²) >= 11 is 0. The Labute approximate surface area is 169 Å². The molecule has 0 aliphatic carbocycles. The van der Waals surface area contributed by atoms with Gasteiger partial charge in [0.05, 0.1) is 29.0 Å². The quantitative estimate of drug-likeness (QED) is 0.712. The van der Waals surface area contributed by atoms with Crippen molar-refractivity contribution < 1.29 is 23.9 Å². The molecule has 1 aliphatic heterocycles. The number of ether oxygens (including phenoxy) is 2. The van der Waals surface area contributed by atoms with Crippen molar-refractivity contribution in [2.24, 2.45) is 0 Å². The molecular formula is C22H24N2O5. The van der Waals surface area contributed by atoms with Crippen molar-refractivity contribution in [2.75, 3.05) is 18.5 Å². The molecule has 7 nitrogen and oxygen atoms in total. The zero-order chi connectivity index (χ0) is 21.0. The smallest absolute Gasteiger partial charge is 0.411 e. The fourth-order valence-corrected chi connectivity index (χ4v) is 3.10. The van der Waals surface area contributed by atoms with Crippen molar-refractivity contribution in [2.45, 2.75) is 32.7 Å². The van der Waals surface area contributed by atoms with Gasteiger partial charge in [0.2, 0.25) is 0 Å². The van der Waals surface area contributed by atoms with E-state index in [2.05, 4.69) is 5.32 Å². The molecule has 0 saturated carbocycles. The van der Waals surface area contributed by atoms with Crippen molar-refractivity contribution in [3.63, 3.8) is 0 Å². The third-order valence-corrected chi connectivity index (χ3v) is 4.54. The van der Waals surface area contributed by atoms with Gasteiger partial charge >= 0.3 is 6.09 Å². The summed E-state index contributed by atoms with van der Waals surface area (Å²) in [6.45, 7) is 5.73. The molecule has 152 valence electrons. The summed E-state index contributed by atoms with van der Waals surface area (Å²) in [5, 5.41) is 2.65. The van der Waals surface area contributed by atoms with Crippen LogP contribution in [0, 0.1) is 0 Å². The molecule has 0 radical (unpaired) electrons. The number of hydrogen-bond acceptors (Lipinski definition) is 5. The van der Waals surface area contributed by atoms with Crippen molar-refractivity contribution in [3.05, 3.63) is 59.7 Å². The largest absolute Gasteiger partial charge is 0.491 e. The van der Waals surface area contributed by atoms with Crippen LogP contribution >= 0.6 is 0 Å². The van der Waals surface area contributed by atoms with Gasteiger partial charge in [-0.1, -0.05) is 31.2 Å². The third kappa shape index (κ3) is 4.23. The Hall–Kier alpha value is -3.35. The van der Waals surface area contributed by atoms with E-state index in [-0.39, 0.29) is 6.61 Å². The summed E-state index contributed by atoms with van der Waals surface area (Å²) < 4.78 is 10.9. The predicted molar refractivity (Wildman–Crippen MR) is 108 cm³/mol. The maximum absolute atomic E-state index is 12.7. The number of anilines is 1. The minimum atomic E-state index is -1.01. The maximum Gasteiger partial charge on any atom is 0.411 e. The lowest BCUT2D eigenvalue weighted by Gasteiger charge is -2.33. The van der Waals surface area contributed by atoms with Crippen LogP contribution in [0.5, 0.6) is 5.75 Å². The SMILES string of the molecule is CCCOc1ccccc1NC(=O)OCC(C)(C)N1C(=O)c2ccccc2C1=O. The summed E-state index contributed by atoms with van der Waals surface area (Å²) in [6, 6.07) is 13.7. The lowest BCUT2D eigenvalue weighted by molar-refractivity contribution is 0.0319. The Balaban J connectivity index is 1.65. The molecule has 0 saturated heterocycles. The van der Waals surface area contributed by atoms with E-state index in [4.69, 9.17) is 9.47 Å². The fraction of sp³-hybridized carbons (Fsp3) is 0.318. The van der Waals surface area contributed by atoms with Crippen LogP contribution in [0.15, 0.2) is 48.5 Å². The van der Waals surface area contributed by atoms with Crippen molar-refractivity contribution in [3.8, 4) is 5.75 Å². The molecule has 1 heterocycles. The van der Waals surface area contributed by atoms with Gasteiger partial charge in [0, 0.05) is 0 Å². The molecule has 1 aliphatic rings. The lowest BCUT2D eigenvalue weighted by atomic mass is 10.0. The first-order valence-electron chi connectivity index (χ1n) is 9.48. The van der Waals surface area contributed by atoms with Gasteiger partial charge in [-0.2, -0.15) is 0 Å². The summed E-state index contributed by atoms with van der Waals surface area (Å²) in [4.78, 5) is 38.8. The molecule has 0 fully saturated rings. The zero-order valence-electron chi connectivity index (χ0n) is 16.7. The second kappa shape index (κ2) is 8.34. The van der Waals surface area contributed by atoms with Gasteiger partial charge in [-0.25, -0.2) is 4.79 Å². The van der Waals surface area contributed by atoms with E-state index in [0.29, 0.717) is 29.2 Å². The maximum atomic E-state index is 12.7. The number of para-hydroxylation sites is 2. The molecule has 0 spiro atoms. The average Bonchev–Trinajstić information content (AvgIpc) is 2.97. The molecule has 0 unspecified atom stereocenters. The van der Waals surface area contributed by atoms with Crippen LogP contribution in [0.2, 0.25) is 0 Å². The van der Waals surface area contributed by atoms with Crippen molar-refractivity contribution >= 4 is 23.6 Å². The second-order valence-corrected chi connectivity index (χ2v) is 7.35. The molecular weight excluding hydrogens is 372 g/mol. The van der Waals surface area contributed by atoms with E-state index < -0.39 is 23.4 Å². The van der Waals surface area contributed by atoms with Gasteiger partial charge in [0.25, 0.3) is 11.8 Å². The Kier molecular flexibility index (Phi) is 5.87. The van der Waals surface area contributed by atoms with Crippen LogP contribution < -0.4 is 10.1 Å². The summed E-state index contributed by atoms with van der Waals surface area (Å²) in [7, 11) is 0. The van der Waals surface area contributed by atoms with Crippen LogP contribution in [0.1, 0.15) is 47.9 Å². The average molecular weight is 396 g/mol. The molecule has 0 bridgehead atoms. The summed E-state index contributed by atoms with van der Waals surface area (Å²) in [6.07, 6.45) is 0.148. The van der Waals surface area contributed by atoms with Gasteiger partial charge in [-0.15, -0.1) is 0 Å². The second-order valence-electron chi connectivity index (χ2n) is 7.35. The predicted octanol–water partition coefficient (Wildman–Crippen LogP) is 4.10. The Morgan fingerprint density at radius 2 is 1.59 bits per heavy atom. The molecule has 2 aromatic carbocycles. The minimum Gasteiger partial charge on any atom is -0.491 e. The van der Waals surface area contributed by atoms with Crippen LogP contribution in [0.3, 0.4) is 0 Å². The van der Waals surface area contributed by atoms with Gasteiger partial charge in [0.15, 0.2) is 0 Å². The number of rotatable bonds is 7. The number of carbonyl (C=O) groups excluding carboxylic acids is 3. The molecule has 3 rings (SSSR count). The van der Waals surface area contributed by atoms with Crippen LogP contribution in [-0.2, 0) is 4.74 Å². The third-order valence-electron chi connectivity index (χ3n) is 4.54. The van der Waals surface area contributed by atoms with Gasteiger partial charge in [0.1, 0.15) is 12.4 Å². The first-order chi connectivity index (χ1) is 13.8. The van der Waals surface area contributed by atoms with Crippen LogP contribution in [0.25, 0.3) is 0 Å². The van der Waals surface area contributed by atoms with E-state index >= 15 is 0 Å². The van der Waals surface area contributed by atoms with Gasteiger partial charge in [-0.05, 0) is 44.5 Å². The number of benzene rings is 2. The Morgan fingerprint density at radius 1 is 1.00 bits per heavy atom. The fourth-order valence-electron chi connectivity index (χ4n) is 3.10. The summed E-state index contributed by atoms with van der Waals surface area (Å²) in [5.74, 6) is -0.234. The molecule has 0 atom stereocenters. The monoisotopic (exact) mass is 396 g/mol. The molecule has 1 N–H and O–H groups in total. The zero-order valence-corrected chi connectivity index (χ0v) is 16.7. The van der Waals surface area contributed by atoms with Crippen LogP contribution in [0.4, 0.5) is 10.5 Å². The Morgan fingerprint density at radius 3 is 2.21 bits per heavy atom. The normalized spacial score (nSPS) is 13.3. The van der Waals surface area contributed by atoms with E-state index in [1.807, 2.05) is 13.0 Å². The highest BCUT2D eigenvalue weighted by atomic mass is 16.6. The lowest BCUT2D eigenvalue weighted by Crippen LogP contribution is -2.51. The number of hydrogen-bond donors (Lipinski definition) is 1. The number of carbonyl (C=O) groups is 3. The molecule has 7 heteroatoms. The molecule has 3 amide bonds. The summed E-state index contributed by atoms with van der Waals surface area (Å²) in [5.41, 5.74) is 0.196. The van der Waals surface area contributed by atoms with Gasteiger partial charge in [-0.3, -0.25) is 19.8 Å². The highest BCUT2D eigenvalue weighted by molar-refractivity contribution is 6.21. The highest BCUT2D eigenvalue weighted by Crippen LogP contribution is 2.30. The topological polar surface area (TPSA) is 84.9 Å².